The highest BCUT2D eigenvalue weighted by Crippen LogP contribution is 2.28. The Morgan fingerprint density at radius 3 is 2.85 bits per heavy atom. The molecule has 3 heterocycles. The second-order valence-electron chi connectivity index (χ2n) is 8.98. The molecule has 1 unspecified atom stereocenters. The molecule has 10 heteroatoms. The van der Waals surface area contributed by atoms with E-state index in [0.717, 1.165) is 0 Å². The number of fused-ring (bicyclic) bond motifs is 1. The Bertz CT molecular complexity index is 1290. The standard InChI is InChI=1S/C24H25FN6O3/c1-24(2,34)22(25)13-28-23(33)18-12-27-20(9-19(18)30-15-3-5-17(32)8-15)21-6-4-16-7-14(10-26)11-29-31(16)21/h4,6-7,9,11-12,15,22,34H,3,5,8,13H2,1-2H3,(H,27,30)(H,28,33)/t15?,22-/m1/s1. The van der Waals surface area contributed by atoms with Crippen LogP contribution >= 0.6 is 0 Å². The zero-order valence-electron chi connectivity index (χ0n) is 18.9. The van der Waals surface area contributed by atoms with Crippen LogP contribution < -0.4 is 10.6 Å². The number of nitriles is 1. The molecule has 176 valence electrons. The number of alkyl halides is 1. The first-order valence-corrected chi connectivity index (χ1v) is 11.0. The van der Waals surface area contributed by atoms with E-state index in [0.29, 0.717) is 47.4 Å². The highest BCUT2D eigenvalue weighted by Gasteiger charge is 2.28. The monoisotopic (exact) mass is 464 g/mol. The molecule has 0 aliphatic heterocycles. The molecule has 0 saturated heterocycles. The number of nitrogens with one attached hydrogen (secondary N) is 2. The zero-order chi connectivity index (χ0) is 24.5. The van der Waals surface area contributed by atoms with Crippen molar-refractivity contribution in [3.63, 3.8) is 0 Å². The number of carbonyl (C=O) groups is 2. The summed E-state index contributed by atoms with van der Waals surface area (Å²) in [4.78, 5) is 29.0. The molecule has 3 aromatic rings. The SMILES string of the molecule is CC(C)(O)[C@H](F)CNC(=O)c1cnc(-c2ccc3cc(C#N)cnn23)cc1NC1CCC(=O)C1. The van der Waals surface area contributed by atoms with Gasteiger partial charge in [-0.3, -0.25) is 14.6 Å². The number of ketones is 1. The summed E-state index contributed by atoms with van der Waals surface area (Å²) in [6.45, 7) is 2.30. The topological polar surface area (TPSA) is 132 Å². The van der Waals surface area contributed by atoms with Crippen molar-refractivity contribution in [1.29, 1.82) is 5.26 Å². The van der Waals surface area contributed by atoms with Gasteiger partial charge >= 0.3 is 0 Å². The van der Waals surface area contributed by atoms with Gasteiger partial charge in [-0.1, -0.05) is 0 Å². The van der Waals surface area contributed by atoms with Gasteiger partial charge in [0.1, 0.15) is 18.0 Å². The largest absolute Gasteiger partial charge is 0.387 e. The van der Waals surface area contributed by atoms with Gasteiger partial charge in [0, 0.05) is 25.1 Å². The number of carbonyl (C=O) groups excluding carboxylic acids is 2. The summed E-state index contributed by atoms with van der Waals surface area (Å²) in [5.41, 5.74) is 1.41. The van der Waals surface area contributed by atoms with Crippen LogP contribution in [0.5, 0.6) is 0 Å². The van der Waals surface area contributed by atoms with Gasteiger partial charge in [0.05, 0.1) is 52.1 Å². The lowest BCUT2D eigenvalue weighted by Crippen LogP contribution is -2.42. The molecule has 1 amide bonds. The van der Waals surface area contributed by atoms with Crippen molar-refractivity contribution in [3.8, 4) is 17.5 Å². The maximum atomic E-state index is 14.1. The van der Waals surface area contributed by atoms with Crippen LogP contribution in [-0.4, -0.2) is 55.8 Å². The van der Waals surface area contributed by atoms with E-state index in [9.17, 15) is 19.1 Å². The summed E-state index contributed by atoms with van der Waals surface area (Å²) < 4.78 is 15.8. The van der Waals surface area contributed by atoms with Gasteiger partial charge in [0.15, 0.2) is 0 Å². The van der Waals surface area contributed by atoms with Crippen LogP contribution in [0.3, 0.4) is 0 Å². The molecule has 0 aromatic carbocycles. The predicted molar refractivity (Wildman–Crippen MR) is 123 cm³/mol. The van der Waals surface area contributed by atoms with Gasteiger partial charge in [-0.2, -0.15) is 10.4 Å². The Balaban J connectivity index is 1.66. The number of pyridine rings is 1. The number of nitrogens with zero attached hydrogens (tertiary/aromatic N) is 4. The molecule has 0 radical (unpaired) electrons. The van der Waals surface area contributed by atoms with Crippen molar-refractivity contribution >= 4 is 22.9 Å². The number of Topliss-reactive ketones (excluding diaryl/α,β-unsaturated/α-hetero) is 1. The van der Waals surface area contributed by atoms with Crippen molar-refractivity contribution in [2.24, 2.45) is 0 Å². The van der Waals surface area contributed by atoms with Gasteiger partial charge in [-0.25, -0.2) is 8.91 Å². The number of halogens is 1. The highest BCUT2D eigenvalue weighted by molar-refractivity contribution is 6.00. The summed E-state index contributed by atoms with van der Waals surface area (Å²) in [5, 5.41) is 29.0. The first kappa shape index (κ1) is 23.3. The van der Waals surface area contributed by atoms with Crippen LogP contribution in [0.1, 0.15) is 49.0 Å². The van der Waals surface area contributed by atoms with E-state index in [1.54, 1.807) is 16.6 Å². The number of hydrogen-bond donors (Lipinski definition) is 3. The lowest BCUT2D eigenvalue weighted by Gasteiger charge is -2.23. The third-order valence-electron chi connectivity index (χ3n) is 5.85. The fraction of sp³-hybridized carbons (Fsp3) is 0.375. The van der Waals surface area contributed by atoms with Gasteiger partial charge in [0.25, 0.3) is 5.91 Å². The molecule has 0 bridgehead atoms. The number of hydrogen-bond acceptors (Lipinski definition) is 7. The molecule has 9 nitrogen and oxygen atoms in total. The predicted octanol–water partition coefficient (Wildman–Crippen LogP) is 2.64. The summed E-state index contributed by atoms with van der Waals surface area (Å²) in [5.74, 6) is -0.395. The minimum Gasteiger partial charge on any atom is -0.387 e. The number of rotatable bonds is 7. The van der Waals surface area contributed by atoms with Crippen LogP contribution in [-0.2, 0) is 4.79 Å². The molecule has 3 aromatic heterocycles. The number of aliphatic hydroxyl groups is 1. The van der Waals surface area contributed by atoms with Crippen LogP contribution in [0.15, 0.2) is 36.7 Å². The fourth-order valence-corrected chi connectivity index (χ4v) is 3.83. The molecule has 2 atom stereocenters. The third kappa shape index (κ3) is 4.89. The summed E-state index contributed by atoms with van der Waals surface area (Å²) in [6.07, 6.45) is 2.68. The molecule has 1 aliphatic carbocycles. The van der Waals surface area contributed by atoms with E-state index in [1.165, 1.54) is 26.2 Å². The third-order valence-corrected chi connectivity index (χ3v) is 5.85. The van der Waals surface area contributed by atoms with Gasteiger partial charge < -0.3 is 15.7 Å². The first-order valence-electron chi connectivity index (χ1n) is 11.0. The Morgan fingerprint density at radius 2 is 2.18 bits per heavy atom. The van der Waals surface area contributed by atoms with Crippen molar-refractivity contribution in [1.82, 2.24) is 19.9 Å². The molecule has 1 fully saturated rings. The molecular formula is C24H25FN6O3. The quantitative estimate of drug-likeness (QED) is 0.490. The lowest BCUT2D eigenvalue weighted by molar-refractivity contribution is -0.117. The van der Waals surface area contributed by atoms with E-state index in [2.05, 4.69) is 26.8 Å². The van der Waals surface area contributed by atoms with E-state index in [1.807, 2.05) is 12.1 Å². The summed E-state index contributed by atoms with van der Waals surface area (Å²) in [6, 6.07) is 8.95. The molecule has 1 saturated carbocycles. The normalized spacial score (nSPS) is 16.9. The first-order chi connectivity index (χ1) is 16.2. The molecule has 0 spiro atoms. The Hall–Kier alpha value is -3.84. The minimum absolute atomic E-state index is 0.125. The number of amides is 1. The molecule has 4 rings (SSSR count). The zero-order valence-corrected chi connectivity index (χ0v) is 18.9. The van der Waals surface area contributed by atoms with Gasteiger partial charge in [-0.15, -0.1) is 0 Å². The van der Waals surface area contributed by atoms with Gasteiger partial charge in [-0.05, 0) is 44.5 Å². The van der Waals surface area contributed by atoms with Crippen molar-refractivity contribution in [3.05, 3.63) is 47.8 Å². The van der Waals surface area contributed by atoms with Crippen molar-refractivity contribution in [2.45, 2.75) is 50.9 Å². The number of aromatic nitrogens is 3. The smallest absolute Gasteiger partial charge is 0.255 e. The van der Waals surface area contributed by atoms with Crippen molar-refractivity contribution < 1.29 is 19.1 Å². The molecule has 1 aliphatic rings. The second-order valence-corrected chi connectivity index (χ2v) is 8.98. The summed E-state index contributed by atoms with van der Waals surface area (Å²) >= 11 is 0. The van der Waals surface area contributed by atoms with Crippen LogP contribution in [0.4, 0.5) is 10.1 Å². The lowest BCUT2D eigenvalue weighted by atomic mass is 10.0. The van der Waals surface area contributed by atoms with Gasteiger partial charge in [0.2, 0.25) is 0 Å². The average molecular weight is 465 g/mol. The van der Waals surface area contributed by atoms with Crippen LogP contribution in [0, 0.1) is 11.3 Å². The Labute approximate surface area is 195 Å². The number of anilines is 1. The molecule has 34 heavy (non-hydrogen) atoms. The summed E-state index contributed by atoms with van der Waals surface area (Å²) in [7, 11) is 0. The maximum Gasteiger partial charge on any atom is 0.255 e. The van der Waals surface area contributed by atoms with E-state index in [-0.39, 0.29) is 23.9 Å². The molecule has 3 N–H and O–H groups in total. The Kier molecular flexibility index (Phi) is 6.30. The van der Waals surface area contributed by atoms with E-state index < -0.39 is 17.7 Å². The van der Waals surface area contributed by atoms with Crippen LogP contribution in [0.25, 0.3) is 16.9 Å². The molecular weight excluding hydrogens is 439 g/mol. The Morgan fingerprint density at radius 1 is 1.38 bits per heavy atom. The second kappa shape index (κ2) is 9.19. The minimum atomic E-state index is -1.65. The van der Waals surface area contributed by atoms with Crippen molar-refractivity contribution in [2.75, 3.05) is 11.9 Å². The maximum absolute atomic E-state index is 14.1. The average Bonchev–Trinajstić information content (AvgIpc) is 3.41. The van der Waals surface area contributed by atoms with Crippen LogP contribution in [0.2, 0.25) is 0 Å². The van der Waals surface area contributed by atoms with E-state index >= 15 is 0 Å². The van der Waals surface area contributed by atoms with E-state index in [4.69, 9.17) is 5.26 Å². The highest BCUT2D eigenvalue weighted by atomic mass is 19.1. The fourth-order valence-electron chi connectivity index (χ4n) is 3.83.